The quantitative estimate of drug-likeness (QED) is 0.221. The lowest BCUT2D eigenvalue weighted by Crippen LogP contribution is -2.47. The first-order valence-electron chi connectivity index (χ1n) is 15.0. The number of furan rings is 1. The van der Waals surface area contributed by atoms with Crippen molar-refractivity contribution in [2.24, 2.45) is 11.8 Å². The predicted octanol–water partition coefficient (Wildman–Crippen LogP) is 6.69. The van der Waals surface area contributed by atoms with Crippen LogP contribution >= 0.6 is 23.8 Å². The van der Waals surface area contributed by atoms with E-state index in [1.807, 2.05) is 36.4 Å². The maximum Gasteiger partial charge on any atom is 0.232 e. The van der Waals surface area contributed by atoms with E-state index in [2.05, 4.69) is 75.6 Å². The van der Waals surface area contributed by atoms with Gasteiger partial charge in [-0.05, 0) is 79.0 Å². The molecule has 0 amide bonds. The van der Waals surface area contributed by atoms with Crippen LogP contribution in [0.1, 0.15) is 26.0 Å². The van der Waals surface area contributed by atoms with Crippen molar-refractivity contribution in [1.29, 1.82) is 0 Å². The molecule has 6 rings (SSSR count). The number of hydrogen-bond donors (Lipinski definition) is 2. The Morgan fingerprint density at radius 2 is 1.51 bits per heavy atom. The van der Waals surface area contributed by atoms with E-state index in [1.54, 1.807) is 0 Å². The van der Waals surface area contributed by atoms with Gasteiger partial charge in [0.05, 0.1) is 6.54 Å². The molecular formula is C33H38ClN7OS. The first kappa shape index (κ1) is 29.3. The van der Waals surface area contributed by atoms with Gasteiger partial charge in [0, 0.05) is 61.6 Å². The first-order chi connectivity index (χ1) is 20.9. The van der Waals surface area contributed by atoms with Crippen molar-refractivity contribution < 1.29 is 4.42 Å². The molecule has 2 atom stereocenters. The van der Waals surface area contributed by atoms with Crippen molar-refractivity contribution in [3.63, 3.8) is 0 Å². The van der Waals surface area contributed by atoms with E-state index < -0.39 is 0 Å². The molecule has 0 unspecified atom stereocenters. The molecule has 2 aromatic carbocycles. The van der Waals surface area contributed by atoms with Crippen LogP contribution in [-0.2, 0) is 6.54 Å². The van der Waals surface area contributed by atoms with E-state index >= 15 is 0 Å². The number of nitrogens with one attached hydrogen (secondary N) is 2. The van der Waals surface area contributed by atoms with Crippen LogP contribution in [0.15, 0.2) is 77.2 Å². The van der Waals surface area contributed by atoms with Crippen LogP contribution in [0.3, 0.4) is 0 Å². The first-order valence-corrected chi connectivity index (χ1v) is 15.8. The summed E-state index contributed by atoms with van der Waals surface area (Å²) in [5.41, 5.74) is 2.23. The summed E-state index contributed by atoms with van der Waals surface area (Å²) in [5, 5.41) is 7.64. The third kappa shape index (κ3) is 7.40. The highest BCUT2D eigenvalue weighted by Crippen LogP contribution is 2.29. The summed E-state index contributed by atoms with van der Waals surface area (Å²) < 4.78 is 6.03. The Balaban J connectivity index is 1.15. The van der Waals surface area contributed by atoms with Crippen molar-refractivity contribution in [2.75, 3.05) is 59.3 Å². The Morgan fingerprint density at radius 3 is 2.21 bits per heavy atom. The number of thiocarbonyl (C=S) groups is 1. The average Bonchev–Trinajstić information content (AvgIpc) is 3.49. The fourth-order valence-corrected chi connectivity index (χ4v) is 6.33. The zero-order chi connectivity index (χ0) is 29.8. The third-order valence-corrected chi connectivity index (χ3v) is 8.55. The van der Waals surface area contributed by atoms with E-state index in [1.165, 1.54) is 12.1 Å². The van der Waals surface area contributed by atoms with Crippen LogP contribution in [0, 0.1) is 11.8 Å². The molecular weight excluding hydrogens is 578 g/mol. The van der Waals surface area contributed by atoms with Crippen LogP contribution in [0.2, 0.25) is 5.02 Å². The van der Waals surface area contributed by atoms with Crippen molar-refractivity contribution in [3.05, 3.63) is 83.6 Å². The van der Waals surface area contributed by atoms with Gasteiger partial charge in [0.25, 0.3) is 0 Å². The zero-order valence-electron chi connectivity index (χ0n) is 24.7. The molecule has 43 heavy (non-hydrogen) atoms. The summed E-state index contributed by atoms with van der Waals surface area (Å²) in [6, 6.07) is 24.2. The smallest absolute Gasteiger partial charge is 0.232 e. The van der Waals surface area contributed by atoms with Gasteiger partial charge in [0.15, 0.2) is 5.11 Å². The molecule has 2 aliphatic rings. The minimum absolute atomic E-state index is 0.439. The van der Waals surface area contributed by atoms with E-state index in [0.717, 1.165) is 68.0 Å². The molecule has 0 saturated carbocycles. The van der Waals surface area contributed by atoms with Crippen LogP contribution in [0.5, 0.6) is 0 Å². The molecule has 8 nitrogen and oxygen atoms in total. The van der Waals surface area contributed by atoms with Crippen molar-refractivity contribution in [2.45, 2.75) is 26.8 Å². The summed E-state index contributed by atoms with van der Waals surface area (Å²) in [7, 11) is 0. The number of halogens is 1. The summed E-state index contributed by atoms with van der Waals surface area (Å²) >= 11 is 11.7. The fraction of sp³-hybridized carbons (Fsp3) is 0.364. The van der Waals surface area contributed by atoms with Crippen LogP contribution in [0.4, 0.5) is 23.3 Å². The number of nitrogens with zero attached hydrogens (tertiary/aromatic N) is 5. The van der Waals surface area contributed by atoms with Gasteiger partial charge < -0.3 is 29.8 Å². The maximum atomic E-state index is 6.03. The number of aromatic nitrogens is 2. The molecule has 2 fully saturated rings. The second-order valence-corrected chi connectivity index (χ2v) is 12.5. The Kier molecular flexibility index (Phi) is 9.00. The number of rotatable bonds is 7. The minimum atomic E-state index is 0.439. The van der Waals surface area contributed by atoms with Crippen molar-refractivity contribution in [3.8, 4) is 11.3 Å². The lowest BCUT2D eigenvalue weighted by molar-refractivity contribution is 0.355. The van der Waals surface area contributed by atoms with E-state index in [4.69, 9.17) is 38.2 Å². The van der Waals surface area contributed by atoms with E-state index in [0.29, 0.717) is 34.5 Å². The molecule has 4 heterocycles. The molecule has 2 aromatic heterocycles. The molecule has 0 spiro atoms. The summed E-state index contributed by atoms with van der Waals surface area (Å²) in [6.45, 7) is 10.7. The molecule has 0 radical (unpaired) electrons. The van der Waals surface area contributed by atoms with Crippen molar-refractivity contribution >= 4 is 52.2 Å². The maximum absolute atomic E-state index is 6.03. The van der Waals surface area contributed by atoms with Crippen LogP contribution in [0.25, 0.3) is 11.3 Å². The lowest BCUT2D eigenvalue weighted by atomic mass is 9.92. The normalized spacial score (nSPS) is 18.9. The Hall–Kier alpha value is -3.82. The van der Waals surface area contributed by atoms with Crippen LogP contribution < -0.4 is 25.3 Å². The number of piperidine rings is 1. The highest BCUT2D eigenvalue weighted by Gasteiger charge is 2.26. The summed E-state index contributed by atoms with van der Waals surface area (Å²) in [4.78, 5) is 17.0. The highest BCUT2D eigenvalue weighted by molar-refractivity contribution is 7.80. The molecule has 0 bridgehead atoms. The molecule has 224 valence electrons. The Labute approximate surface area is 264 Å². The Morgan fingerprint density at radius 1 is 0.860 bits per heavy atom. The molecule has 2 aliphatic heterocycles. The van der Waals surface area contributed by atoms with Gasteiger partial charge in [-0.3, -0.25) is 0 Å². The molecule has 2 N–H and O–H groups in total. The third-order valence-electron chi connectivity index (χ3n) is 8.06. The number of piperazine rings is 1. The fourth-order valence-electron chi connectivity index (χ4n) is 6.04. The molecule has 10 heteroatoms. The molecule has 2 saturated heterocycles. The van der Waals surface area contributed by atoms with Gasteiger partial charge >= 0.3 is 0 Å². The van der Waals surface area contributed by atoms with Crippen LogP contribution in [-0.4, -0.2) is 54.3 Å². The van der Waals surface area contributed by atoms with Gasteiger partial charge in [-0.15, -0.1) is 0 Å². The zero-order valence-corrected chi connectivity index (χ0v) is 26.2. The molecule has 0 aliphatic carbocycles. The van der Waals surface area contributed by atoms with Gasteiger partial charge in [-0.2, -0.15) is 9.97 Å². The number of hydrogen-bond acceptors (Lipinski definition) is 7. The predicted molar refractivity (Wildman–Crippen MR) is 180 cm³/mol. The van der Waals surface area contributed by atoms with Gasteiger partial charge in [-0.1, -0.05) is 43.6 Å². The number of benzene rings is 2. The summed E-state index contributed by atoms with van der Waals surface area (Å²) in [5.74, 6) is 5.15. The standard InChI is InChI=1S/C33H38ClN7OS/c1-23-18-24(2)22-41(21-23)31-19-30(40-16-14-39(15-17-40)27-6-4-3-5-7-27)36-32(37-31)38-33(43)35-20-28-12-13-29(42-28)25-8-10-26(34)11-9-25/h3-13,19,23-24H,14-18,20-22H2,1-2H3,(H2,35,36,37,38,43)/t23-,24-/m1/s1. The number of para-hydroxylation sites is 1. The topological polar surface area (TPSA) is 72.7 Å². The largest absolute Gasteiger partial charge is 0.459 e. The van der Waals surface area contributed by atoms with Gasteiger partial charge in [0.2, 0.25) is 5.95 Å². The second-order valence-electron chi connectivity index (χ2n) is 11.6. The summed E-state index contributed by atoms with van der Waals surface area (Å²) in [6.07, 6.45) is 1.24. The van der Waals surface area contributed by atoms with E-state index in [9.17, 15) is 0 Å². The lowest BCUT2D eigenvalue weighted by Gasteiger charge is -2.38. The van der Waals surface area contributed by atoms with Gasteiger partial charge in [-0.25, -0.2) is 0 Å². The second kappa shape index (κ2) is 13.2. The van der Waals surface area contributed by atoms with Gasteiger partial charge in [0.1, 0.15) is 23.2 Å². The SMILES string of the molecule is C[C@@H]1C[C@@H](C)CN(c2cc(N3CCN(c4ccccc4)CC3)nc(NC(=S)NCc3ccc(-c4ccc(Cl)cc4)o3)n2)C1. The Bertz CT molecular complexity index is 1510. The number of anilines is 4. The van der Waals surface area contributed by atoms with Crippen molar-refractivity contribution in [1.82, 2.24) is 15.3 Å². The molecule has 4 aromatic rings. The highest BCUT2D eigenvalue weighted by atomic mass is 35.5. The minimum Gasteiger partial charge on any atom is -0.459 e. The monoisotopic (exact) mass is 615 g/mol. The average molecular weight is 616 g/mol. The van der Waals surface area contributed by atoms with E-state index in [-0.39, 0.29) is 0 Å².